The molecular weight excluding hydrogens is 290 g/mol. The summed E-state index contributed by atoms with van der Waals surface area (Å²) in [5.74, 6) is 0.104. The van der Waals surface area contributed by atoms with Gasteiger partial charge in [0.1, 0.15) is 5.75 Å². The number of nitrogens with zero attached hydrogens (tertiary/aromatic N) is 1. The smallest absolute Gasteiger partial charge is 0.226 e. The van der Waals surface area contributed by atoms with Gasteiger partial charge in [0.25, 0.3) is 0 Å². The number of hydrogen-bond acceptors (Lipinski definition) is 5. The molecule has 0 radical (unpaired) electrons. The lowest BCUT2D eigenvalue weighted by Crippen LogP contribution is -2.17. The summed E-state index contributed by atoms with van der Waals surface area (Å²) in [7, 11) is 1.53. The highest BCUT2D eigenvalue weighted by atomic mass is 32.1. The Hall–Kier alpha value is -2.41. The number of para-hydroxylation sites is 2. The molecule has 7 heteroatoms. The summed E-state index contributed by atoms with van der Waals surface area (Å²) in [6.07, 6.45) is 1.80. The van der Waals surface area contributed by atoms with E-state index in [1.54, 1.807) is 29.8 Å². The van der Waals surface area contributed by atoms with E-state index in [0.29, 0.717) is 16.6 Å². The van der Waals surface area contributed by atoms with Gasteiger partial charge in [-0.05, 0) is 12.1 Å². The molecule has 2 amide bonds. The molecule has 6 nitrogen and oxygen atoms in total. The van der Waals surface area contributed by atoms with Crippen LogP contribution in [0.5, 0.6) is 5.75 Å². The molecule has 0 unspecified atom stereocenters. The van der Waals surface area contributed by atoms with Crippen LogP contribution in [0.2, 0.25) is 0 Å². The minimum atomic E-state index is -0.242. The lowest BCUT2D eigenvalue weighted by Gasteiger charge is -2.09. The second-order valence-corrected chi connectivity index (χ2v) is 5.03. The van der Waals surface area contributed by atoms with Crippen LogP contribution < -0.4 is 15.4 Å². The van der Waals surface area contributed by atoms with Crippen molar-refractivity contribution in [2.75, 3.05) is 17.7 Å². The van der Waals surface area contributed by atoms with Crippen molar-refractivity contribution in [3.63, 3.8) is 0 Å². The number of anilines is 2. The first-order valence-corrected chi connectivity index (χ1v) is 7.19. The molecule has 2 rings (SSSR count). The third-order valence-corrected chi connectivity index (χ3v) is 3.33. The summed E-state index contributed by atoms with van der Waals surface area (Å²) in [6, 6.07) is 7.11. The van der Waals surface area contributed by atoms with Gasteiger partial charge < -0.3 is 15.4 Å². The Morgan fingerprint density at radius 3 is 2.57 bits per heavy atom. The average molecular weight is 305 g/mol. The molecule has 0 atom stereocenters. The number of hydrogen-bond donors (Lipinski definition) is 2. The van der Waals surface area contributed by atoms with Crippen molar-refractivity contribution in [1.82, 2.24) is 4.98 Å². The zero-order valence-corrected chi connectivity index (χ0v) is 12.3. The Morgan fingerprint density at radius 2 is 1.90 bits per heavy atom. The van der Waals surface area contributed by atoms with Crippen molar-refractivity contribution in [3.05, 3.63) is 35.8 Å². The van der Waals surface area contributed by atoms with E-state index < -0.39 is 0 Å². The topological polar surface area (TPSA) is 80.3 Å². The van der Waals surface area contributed by atoms with Gasteiger partial charge in [0.15, 0.2) is 5.13 Å². The first-order chi connectivity index (χ1) is 10.2. The molecule has 1 aromatic heterocycles. The van der Waals surface area contributed by atoms with E-state index in [0.717, 1.165) is 0 Å². The van der Waals surface area contributed by atoms with Crippen LogP contribution >= 0.6 is 11.3 Å². The summed E-state index contributed by atoms with van der Waals surface area (Å²) in [4.78, 5) is 27.4. The zero-order chi connectivity index (χ0) is 15.1. The maximum Gasteiger partial charge on any atom is 0.226 e. The Labute approximate surface area is 126 Å². The van der Waals surface area contributed by atoms with E-state index in [1.807, 2.05) is 6.07 Å². The van der Waals surface area contributed by atoms with E-state index in [2.05, 4.69) is 15.6 Å². The number of carbonyl (C=O) groups is 2. The number of methoxy groups -OCH3 is 1. The Kier molecular flexibility index (Phi) is 5.28. The first kappa shape index (κ1) is 15.0. The Morgan fingerprint density at radius 1 is 1.19 bits per heavy atom. The Balaban J connectivity index is 1.80. The van der Waals surface area contributed by atoms with Gasteiger partial charge in [-0.1, -0.05) is 12.1 Å². The molecule has 0 aliphatic heterocycles. The van der Waals surface area contributed by atoms with E-state index in [9.17, 15) is 9.59 Å². The minimum Gasteiger partial charge on any atom is -0.495 e. The fourth-order valence-corrected chi connectivity index (χ4v) is 2.20. The first-order valence-electron chi connectivity index (χ1n) is 6.31. The predicted octanol–water partition coefficient (Wildman–Crippen LogP) is 2.51. The fourth-order valence-electron chi connectivity index (χ4n) is 1.65. The van der Waals surface area contributed by atoms with Gasteiger partial charge in [0, 0.05) is 24.4 Å². The van der Waals surface area contributed by atoms with E-state index in [-0.39, 0.29) is 24.7 Å². The van der Waals surface area contributed by atoms with Crippen LogP contribution in [0.3, 0.4) is 0 Å². The van der Waals surface area contributed by atoms with E-state index in [1.165, 1.54) is 18.4 Å². The molecule has 0 spiro atoms. The van der Waals surface area contributed by atoms with Crippen LogP contribution in [-0.4, -0.2) is 23.9 Å². The highest BCUT2D eigenvalue weighted by Gasteiger charge is 2.10. The molecule has 0 aliphatic carbocycles. The molecule has 110 valence electrons. The fraction of sp³-hybridized carbons (Fsp3) is 0.214. The number of benzene rings is 1. The molecule has 1 heterocycles. The molecular formula is C14H15N3O3S. The lowest BCUT2D eigenvalue weighted by molar-refractivity contribution is -0.121. The van der Waals surface area contributed by atoms with Crippen molar-refractivity contribution >= 4 is 34.0 Å². The lowest BCUT2D eigenvalue weighted by atomic mass is 10.2. The van der Waals surface area contributed by atoms with E-state index in [4.69, 9.17) is 4.74 Å². The molecule has 2 aromatic rings. The number of thiazole rings is 1. The van der Waals surface area contributed by atoms with Gasteiger partial charge in [-0.3, -0.25) is 9.59 Å². The van der Waals surface area contributed by atoms with Crippen LogP contribution in [0.4, 0.5) is 10.8 Å². The van der Waals surface area contributed by atoms with Crippen LogP contribution in [0.1, 0.15) is 12.8 Å². The summed E-state index contributed by atoms with van der Waals surface area (Å²) in [5, 5.41) is 7.65. The van der Waals surface area contributed by atoms with Gasteiger partial charge in [0.2, 0.25) is 11.8 Å². The third-order valence-electron chi connectivity index (χ3n) is 2.64. The zero-order valence-electron chi connectivity index (χ0n) is 11.5. The Bertz CT molecular complexity index is 614. The largest absolute Gasteiger partial charge is 0.495 e. The van der Waals surface area contributed by atoms with Crippen molar-refractivity contribution in [2.24, 2.45) is 0 Å². The molecule has 0 saturated carbocycles. The summed E-state index contributed by atoms with van der Waals surface area (Å²) < 4.78 is 5.14. The van der Waals surface area contributed by atoms with Gasteiger partial charge in [-0.25, -0.2) is 4.98 Å². The molecule has 1 aromatic carbocycles. The highest BCUT2D eigenvalue weighted by Crippen LogP contribution is 2.23. The molecule has 0 aliphatic rings. The van der Waals surface area contributed by atoms with Crippen molar-refractivity contribution in [1.29, 1.82) is 0 Å². The minimum absolute atomic E-state index is 0.0925. The average Bonchev–Trinajstić information content (AvgIpc) is 2.98. The van der Waals surface area contributed by atoms with Gasteiger partial charge in [-0.2, -0.15) is 0 Å². The number of ether oxygens (including phenoxy) is 1. The van der Waals surface area contributed by atoms with Crippen LogP contribution in [0.25, 0.3) is 0 Å². The number of amides is 2. The molecule has 2 N–H and O–H groups in total. The quantitative estimate of drug-likeness (QED) is 0.859. The second-order valence-electron chi connectivity index (χ2n) is 4.13. The summed E-state index contributed by atoms with van der Waals surface area (Å²) in [6.45, 7) is 0. The summed E-state index contributed by atoms with van der Waals surface area (Å²) in [5.41, 5.74) is 0.588. The van der Waals surface area contributed by atoms with Crippen LogP contribution in [0.15, 0.2) is 35.8 Å². The summed E-state index contributed by atoms with van der Waals surface area (Å²) >= 11 is 1.33. The molecule has 21 heavy (non-hydrogen) atoms. The maximum atomic E-state index is 11.8. The van der Waals surface area contributed by atoms with Crippen molar-refractivity contribution < 1.29 is 14.3 Å². The van der Waals surface area contributed by atoms with Gasteiger partial charge in [0.05, 0.1) is 12.8 Å². The molecule has 0 saturated heterocycles. The van der Waals surface area contributed by atoms with E-state index >= 15 is 0 Å². The predicted molar refractivity (Wildman–Crippen MR) is 81.6 cm³/mol. The normalized spacial score (nSPS) is 9.95. The standard InChI is InChI=1S/C14H15N3O3S/c1-20-11-5-3-2-4-10(11)16-12(18)6-7-13(19)17-14-15-8-9-21-14/h2-5,8-9H,6-7H2,1H3,(H,16,18)(H,15,17,19). The van der Waals surface area contributed by atoms with Crippen molar-refractivity contribution in [3.8, 4) is 5.75 Å². The van der Waals surface area contributed by atoms with Gasteiger partial charge >= 0.3 is 0 Å². The molecule has 0 fully saturated rings. The maximum absolute atomic E-state index is 11.8. The van der Waals surface area contributed by atoms with Crippen LogP contribution in [-0.2, 0) is 9.59 Å². The number of carbonyl (C=O) groups excluding carboxylic acids is 2. The monoisotopic (exact) mass is 305 g/mol. The SMILES string of the molecule is COc1ccccc1NC(=O)CCC(=O)Nc1nccs1. The highest BCUT2D eigenvalue weighted by molar-refractivity contribution is 7.13. The van der Waals surface area contributed by atoms with Gasteiger partial charge in [-0.15, -0.1) is 11.3 Å². The van der Waals surface area contributed by atoms with Crippen molar-refractivity contribution in [2.45, 2.75) is 12.8 Å². The third kappa shape index (κ3) is 4.57. The second kappa shape index (κ2) is 7.39. The number of rotatable bonds is 6. The van der Waals surface area contributed by atoms with Crippen LogP contribution in [0, 0.1) is 0 Å². The molecule has 0 bridgehead atoms. The number of aromatic nitrogens is 1. The number of nitrogens with one attached hydrogen (secondary N) is 2.